The third-order valence-electron chi connectivity index (χ3n) is 4.02. The number of pyridine rings is 1. The molecule has 10 heteroatoms. The number of rotatable bonds is 5. The summed E-state index contributed by atoms with van der Waals surface area (Å²) in [4.78, 5) is 41.7. The summed E-state index contributed by atoms with van der Waals surface area (Å²) >= 11 is 6.24. The van der Waals surface area contributed by atoms with Crippen LogP contribution in [0.2, 0.25) is 5.15 Å². The average molecular weight is 393 g/mol. The number of urea groups is 1. The molecule has 0 fully saturated rings. The fraction of sp³-hybridized carbons (Fsp3) is 0.294. The predicted molar refractivity (Wildman–Crippen MR) is 96.4 cm³/mol. The van der Waals surface area contributed by atoms with Crippen molar-refractivity contribution in [3.05, 3.63) is 56.7 Å². The number of carbonyl (C=O) groups is 2. The van der Waals surface area contributed by atoms with Gasteiger partial charge in [0, 0.05) is 19.0 Å². The van der Waals surface area contributed by atoms with Crippen molar-refractivity contribution in [1.29, 1.82) is 0 Å². The monoisotopic (exact) mass is 392 g/mol. The number of amides is 2. The van der Waals surface area contributed by atoms with Crippen molar-refractivity contribution in [3.8, 4) is 0 Å². The zero-order valence-corrected chi connectivity index (χ0v) is 15.4. The van der Waals surface area contributed by atoms with Gasteiger partial charge in [0.2, 0.25) is 0 Å². The topological polar surface area (TPSA) is 111 Å². The standard InChI is InChI=1S/C17H17ClN4O5/c1-9-11(16(24)27-8-7-26-2)13(21-17(25)19-9)12-14(18)20-10-5-3-4-6-22(10)15(12)23/h3-6,13H,7-8H2,1-2H3,(H2,19,21,25)/t13-/m0/s1. The van der Waals surface area contributed by atoms with E-state index in [1.54, 1.807) is 25.1 Å². The number of allylic oxidation sites excluding steroid dienone is 1. The number of ether oxygens (including phenoxy) is 2. The summed E-state index contributed by atoms with van der Waals surface area (Å²) in [5.74, 6) is -0.698. The van der Waals surface area contributed by atoms with Crippen molar-refractivity contribution in [3.63, 3.8) is 0 Å². The average Bonchev–Trinajstić information content (AvgIpc) is 2.61. The summed E-state index contributed by atoms with van der Waals surface area (Å²) in [6.07, 6.45) is 1.53. The van der Waals surface area contributed by atoms with Crippen LogP contribution in [0.15, 0.2) is 40.5 Å². The summed E-state index contributed by atoms with van der Waals surface area (Å²) in [5, 5.41) is 4.95. The fourth-order valence-corrected chi connectivity index (χ4v) is 3.07. The van der Waals surface area contributed by atoms with E-state index >= 15 is 0 Å². The van der Waals surface area contributed by atoms with Crippen LogP contribution in [-0.2, 0) is 14.3 Å². The zero-order chi connectivity index (χ0) is 19.6. The maximum Gasteiger partial charge on any atom is 0.338 e. The molecule has 0 aromatic carbocycles. The second-order valence-electron chi connectivity index (χ2n) is 5.75. The van der Waals surface area contributed by atoms with Crippen LogP contribution in [0, 0.1) is 0 Å². The lowest BCUT2D eigenvalue weighted by Crippen LogP contribution is -2.47. The Labute approximate surface area is 158 Å². The highest BCUT2D eigenvalue weighted by Gasteiger charge is 2.36. The highest BCUT2D eigenvalue weighted by molar-refractivity contribution is 6.30. The van der Waals surface area contributed by atoms with E-state index in [4.69, 9.17) is 21.1 Å². The highest BCUT2D eigenvalue weighted by Crippen LogP contribution is 2.29. The lowest BCUT2D eigenvalue weighted by atomic mass is 9.97. The molecule has 0 saturated carbocycles. The molecule has 2 amide bonds. The van der Waals surface area contributed by atoms with Crippen molar-refractivity contribution in [1.82, 2.24) is 20.0 Å². The molecule has 0 spiro atoms. The molecule has 1 aliphatic heterocycles. The zero-order valence-electron chi connectivity index (χ0n) is 14.6. The van der Waals surface area contributed by atoms with Crippen LogP contribution in [0.1, 0.15) is 18.5 Å². The molecule has 0 radical (unpaired) electrons. The number of halogens is 1. The van der Waals surface area contributed by atoms with Gasteiger partial charge in [-0.25, -0.2) is 14.6 Å². The Morgan fingerprint density at radius 2 is 2.11 bits per heavy atom. The van der Waals surface area contributed by atoms with E-state index in [9.17, 15) is 14.4 Å². The molecule has 3 heterocycles. The van der Waals surface area contributed by atoms with Gasteiger partial charge < -0.3 is 20.1 Å². The van der Waals surface area contributed by atoms with Crippen molar-refractivity contribution in [2.45, 2.75) is 13.0 Å². The quantitative estimate of drug-likeness (QED) is 0.449. The number of nitrogens with one attached hydrogen (secondary N) is 2. The second-order valence-corrected chi connectivity index (χ2v) is 6.11. The molecule has 0 saturated heterocycles. The first-order valence-electron chi connectivity index (χ1n) is 8.05. The van der Waals surface area contributed by atoms with E-state index in [0.29, 0.717) is 5.65 Å². The SMILES string of the molecule is COCCOC(=O)C1=C(C)NC(=O)N[C@@H]1c1c(Cl)nc2ccccn2c1=O. The van der Waals surface area contributed by atoms with Gasteiger partial charge in [0.15, 0.2) is 0 Å². The summed E-state index contributed by atoms with van der Waals surface area (Å²) in [6.45, 7) is 1.78. The van der Waals surface area contributed by atoms with Gasteiger partial charge >= 0.3 is 12.0 Å². The molecular weight excluding hydrogens is 376 g/mol. The maximum absolute atomic E-state index is 13.0. The van der Waals surface area contributed by atoms with Gasteiger partial charge in [0.25, 0.3) is 5.56 Å². The van der Waals surface area contributed by atoms with Crippen LogP contribution >= 0.6 is 11.6 Å². The molecular formula is C17H17ClN4O5. The van der Waals surface area contributed by atoms with Gasteiger partial charge in [-0.05, 0) is 19.1 Å². The van der Waals surface area contributed by atoms with Gasteiger partial charge in [0.05, 0.1) is 23.8 Å². The van der Waals surface area contributed by atoms with Crippen LogP contribution in [0.5, 0.6) is 0 Å². The largest absolute Gasteiger partial charge is 0.460 e. The first kappa shape index (κ1) is 18.9. The smallest absolute Gasteiger partial charge is 0.338 e. The van der Waals surface area contributed by atoms with Crippen molar-refractivity contribution >= 4 is 29.2 Å². The number of carbonyl (C=O) groups excluding carboxylic acids is 2. The van der Waals surface area contributed by atoms with E-state index in [1.807, 2.05) is 0 Å². The number of hydrogen-bond donors (Lipinski definition) is 2. The lowest BCUT2D eigenvalue weighted by Gasteiger charge is -2.28. The molecule has 2 aromatic heterocycles. The van der Waals surface area contributed by atoms with Crippen LogP contribution < -0.4 is 16.2 Å². The third-order valence-corrected chi connectivity index (χ3v) is 4.31. The number of methoxy groups -OCH3 is 1. The van der Waals surface area contributed by atoms with Gasteiger partial charge in [0.1, 0.15) is 17.4 Å². The second kappa shape index (κ2) is 7.77. The molecule has 2 N–H and O–H groups in total. The van der Waals surface area contributed by atoms with Crippen LogP contribution in [0.4, 0.5) is 4.79 Å². The molecule has 142 valence electrons. The van der Waals surface area contributed by atoms with Crippen LogP contribution in [0.3, 0.4) is 0 Å². The molecule has 0 bridgehead atoms. The van der Waals surface area contributed by atoms with Gasteiger partial charge in [-0.15, -0.1) is 0 Å². The lowest BCUT2D eigenvalue weighted by molar-refractivity contribution is -0.140. The maximum atomic E-state index is 13.0. The third kappa shape index (κ3) is 3.64. The fourth-order valence-electron chi connectivity index (χ4n) is 2.79. The molecule has 27 heavy (non-hydrogen) atoms. The van der Waals surface area contributed by atoms with E-state index in [-0.39, 0.29) is 35.2 Å². The van der Waals surface area contributed by atoms with E-state index in [1.165, 1.54) is 17.7 Å². The Hall–Kier alpha value is -2.91. The van der Waals surface area contributed by atoms with Crippen molar-refractivity contribution < 1.29 is 19.1 Å². The minimum Gasteiger partial charge on any atom is -0.460 e. The van der Waals surface area contributed by atoms with Crippen LogP contribution in [0.25, 0.3) is 5.65 Å². The molecule has 0 unspecified atom stereocenters. The van der Waals surface area contributed by atoms with E-state index < -0.39 is 23.6 Å². The van der Waals surface area contributed by atoms with Gasteiger partial charge in [-0.3, -0.25) is 9.20 Å². The van der Waals surface area contributed by atoms with E-state index in [2.05, 4.69) is 15.6 Å². The summed E-state index contributed by atoms with van der Waals surface area (Å²) < 4.78 is 11.3. The van der Waals surface area contributed by atoms with Crippen molar-refractivity contribution in [2.75, 3.05) is 20.3 Å². The van der Waals surface area contributed by atoms with Crippen molar-refractivity contribution in [2.24, 2.45) is 0 Å². The first-order valence-corrected chi connectivity index (χ1v) is 8.43. The minimum absolute atomic E-state index is 0.0201. The minimum atomic E-state index is -1.10. The molecule has 1 aliphatic rings. The van der Waals surface area contributed by atoms with E-state index in [0.717, 1.165) is 0 Å². The predicted octanol–water partition coefficient (Wildman–Crippen LogP) is 1.17. The van der Waals surface area contributed by atoms with Crippen LogP contribution in [-0.4, -0.2) is 41.7 Å². The summed E-state index contributed by atoms with van der Waals surface area (Å²) in [6, 6.07) is 3.33. The number of esters is 1. The molecule has 2 aromatic rings. The Morgan fingerprint density at radius 1 is 1.33 bits per heavy atom. The Kier molecular flexibility index (Phi) is 5.43. The van der Waals surface area contributed by atoms with Gasteiger partial charge in [-0.1, -0.05) is 17.7 Å². The number of fused-ring (bicyclic) bond motifs is 1. The highest BCUT2D eigenvalue weighted by atomic mass is 35.5. The molecule has 1 atom stereocenters. The van der Waals surface area contributed by atoms with Gasteiger partial charge in [-0.2, -0.15) is 0 Å². The Balaban J connectivity index is 2.11. The molecule has 0 aliphatic carbocycles. The Morgan fingerprint density at radius 3 is 2.85 bits per heavy atom. The molecule has 3 rings (SSSR count). The number of aromatic nitrogens is 2. The first-order chi connectivity index (χ1) is 12.9. The summed E-state index contributed by atoms with van der Waals surface area (Å²) in [5.41, 5.74) is 0.171. The Bertz CT molecular complexity index is 1000. The normalized spacial score (nSPS) is 16.9. The summed E-state index contributed by atoms with van der Waals surface area (Å²) in [7, 11) is 1.48. The number of nitrogens with zero attached hydrogens (tertiary/aromatic N) is 2. The molecule has 9 nitrogen and oxygen atoms in total. The number of hydrogen-bond acceptors (Lipinski definition) is 6.